The number of piperidine rings is 1. The second-order valence-electron chi connectivity index (χ2n) is 12.7. The summed E-state index contributed by atoms with van der Waals surface area (Å²) < 4.78 is 25.4. The zero-order valence-electron chi connectivity index (χ0n) is 27.6. The van der Waals surface area contributed by atoms with Gasteiger partial charge in [0.2, 0.25) is 11.8 Å². The van der Waals surface area contributed by atoms with Crippen molar-refractivity contribution >= 4 is 51.7 Å². The van der Waals surface area contributed by atoms with Crippen molar-refractivity contribution in [3.63, 3.8) is 0 Å². The largest absolute Gasteiger partial charge is 0.493 e. The minimum Gasteiger partial charge on any atom is -0.493 e. The van der Waals surface area contributed by atoms with E-state index in [9.17, 15) is 18.8 Å². The number of hydrogen-bond acceptors (Lipinski definition) is 10. The molecule has 0 radical (unpaired) electrons. The van der Waals surface area contributed by atoms with E-state index >= 15 is 0 Å². The lowest BCUT2D eigenvalue weighted by atomic mass is 10.0. The Balaban J connectivity index is 0.893. The molecule has 3 amide bonds. The molecule has 0 aliphatic carbocycles. The van der Waals surface area contributed by atoms with Crippen molar-refractivity contribution in [2.24, 2.45) is 0 Å². The Morgan fingerprint density at radius 1 is 1.00 bits per heavy atom. The van der Waals surface area contributed by atoms with E-state index in [4.69, 9.17) is 21.1 Å². The van der Waals surface area contributed by atoms with Crippen LogP contribution in [0, 0.1) is 5.82 Å². The van der Waals surface area contributed by atoms with E-state index in [-0.39, 0.29) is 23.3 Å². The maximum absolute atomic E-state index is 13.7. The van der Waals surface area contributed by atoms with Gasteiger partial charge in [-0.15, -0.1) is 0 Å². The first kappa shape index (κ1) is 33.6. The molecule has 1 aromatic heterocycles. The van der Waals surface area contributed by atoms with Crippen LogP contribution in [0.3, 0.4) is 0 Å². The maximum atomic E-state index is 13.7. The molecular weight excluding hydrogens is 665 g/mol. The minimum atomic E-state index is -0.608. The molecular formula is C36H37ClFN7O5. The van der Waals surface area contributed by atoms with Crippen molar-refractivity contribution < 1.29 is 28.2 Å². The molecule has 3 aliphatic rings. The molecule has 260 valence electrons. The predicted molar refractivity (Wildman–Crippen MR) is 185 cm³/mol. The summed E-state index contributed by atoms with van der Waals surface area (Å²) in [6, 6.07) is 13.4. The van der Waals surface area contributed by atoms with Gasteiger partial charge in [-0.3, -0.25) is 24.6 Å². The Labute approximate surface area is 293 Å². The van der Waals surface area contributed by atoms with Gasteiger partial charge in [-0.1, -0.05) is 23.7 Å². The number of halogens is 2. The molecule has 2 fully saturated rings. The van der Waals surface area contributed by atoms with Gasteiger partial charge in [0.15, 0.2) is 11.5 Å². The summed E-state index contributed by atoms with van der Waals surface area (Å²) in [6.07, 6.45) is 2.87. The number of carbonyl (C=O) groups is 3. The molecule has 4 aromatic rings. The van der Waals surface area contributed by atoms with Crippen molar-refractivity contribution in [1.82, 2.24) is 30.0 Å². The number of ether oxygens (including phenoxy) is 2. The predicted octanol–water partition coefficient (Wildman–Crippen LogP) is 4.52. The number of imide groups is 1. The lowest BCUT2D eigenvalue weighted by molar-refractivity contribution is -0.136. The number of nitrogens with zero attached hydrogens (tertiary/aromatic N) is 5. The molecule has 4 heterocycles. The molecule has 3 aromatic carbocycles. The maximum Gasteiger partial charge on any atom is 0.255 e. The quantitative estimate of drug-likeness (QED) is 0.170. The molecule has 0 spiro atoms. The van der Waals surface area contributed by atoms with Crippen LogP contribution in [0.4, 0.5) is 15.9 Å². The second-order valence-corrected chi connectivity index (χ2v) is 13.1. The second kappa shape index (κ2) is 14.6. The molecule has 12 nitrogen and oxygen atoms in total. The number of benzene rings is 3. The molecule has 7 rings (SSSR count). The Kier molecular flexibility index (Phi) is 9.79. The van der Waals surface area contributed by atoms with Crippen LogP contribution in [-0.2, 0) is 22.7 Å². The average Bonchev–Trinajstić information content (AvgIpc) is 3.43. The van der Waals surface area contributed by atoms with Crippen LogP contribution in [-0.4, -0.2) is 94.9 Å². The van der Waals surface area contributed by atoms with Gasteiger partial charge in [-0.2, -0.15) is 0 Å². The Morgan fingerprint density at radius 3 is 2.60 bits per heavy atom. The zero-order chi connectivity index (χ0) is 34.8. The highest BCUT2D eigenvalue weighted by Crippen LogP contribution is 2.35. The summed E-state index contributed by atoms with van der Waals surface area (Å²) in [4.78, 5) is 52.2. The van der Waals surface area contributed by atoms with E-state index in [2.05, 4.69) is 36.5 Å². The van der Waals surface area contributed by atoms with Crippen LogP contribution in [0.15, 0.2) is 54.9 Å². The fourth-order valence-corrected chi connectivity index (χ4v) is 6.95. The molecule has 1 atom stereocenters. The first-order valence-electron chi connectivity index (χ1n) is 16.6. The number of carbonyl (C=O) groups excluding carboxylic acids is 3. The molecule has 0 bridgehead atoms. The number of amides is 3. The smallest absolute Gasteiger partial charge is 0.255 e. The standard InChI is InChI=1S/C36H37ClFN7O5/c1-49-31-18-29-26(34(40-21-39-29)41-24-4-6-28(38)27(37)16-24)17-32(31)50-14-2-9-43-10-12-44(13-11-43)19-22-3-5-25-23(15-22)20-45(36(25)48)30-7-8-33(46)42-35(30)47/h3-6,15-18,21,30H,2,7-14,19-20H2,1H3,(H,39,40,41)(H,42,46,47). The van der Waals surface area contributed by atoms with Gasteiger partial charge in [0.1, 0.15) is 24.0 Å². The zero-order valence-corrected chi connectivity index (χ0v) is 28.3. The minimum absolute atomic E-state index is 0.0138. The van der Waals surface area contributed by atoms with Crippen LogP contribution < -0.4 is 20.1 Å². The third kappa shape index (κ3) is 7.21. The summed E-state index contributed by atoms with van der Waals surface area (Å²) in [5, 5.41) is 6.28. The molecule has 0 saturated carbocycles. The lowest BCUT2D eigenvalue weighted by Gasteiger charge is -2.34. The van der Waals surface area contributed by atoms with Crippen LogP contribution in [0.2, 0.25) is 5.02 Å². The van der Waals surface area contributed by atoms with Gasteiger partial charge in [-0.05, 0) is 54.3 Å². The molecule has 1 unspecified atom stereocenters. The van der Waals surface area contributed by atoms with Crippen LogP contribution in [0.25, 0.3) is 10.9 Å². The van der Waals surface area contributed by atoms with Crippen LogP contribution >= 0.6 is 11.6 Å². The topological polar surface area (TPSA) is 129 Å². The van der Waals surface area contributed by atoms with Crippen LogP contribution in [0.1, 0.15) is 40.7 Å². The summed E-state index contributed by atoms with van der Waals surface area (Å²) >= 11 is 5.96. The summed E-state index contributed by atoms with van der Waals surface area (Å²) in [7, 11) is 1.59. The highest BCUT2D eigenvalue weighted by molar-refractivity contribution is 6.31. The van der Waals surface area contributed by atoms with Gasteiger partial charge in [0.25, 0.3) is 5.91 Å². The Hall–Kier alpha value is -4.85. The normalized spacial score (nSPS) is 18.3. The third-order valence-electron chi connectivity index (χ3n) is 9.44. The number of aromatic nitrogens is 2. The molecule has 50 heavy (non-hydrogen) atoms. The van der Waals surface area contributed by atoms with Crippen molar-refractivity contribution in [3.8, 4) is 11.5 Å². The first-order valence-corrected chi connectivity index (χ1v) is 17.0. The average molecular weight is 702 g/mol. The highest BCUT2D eigenvalue weighted by atomic mass is 35.5. The van der Waals surface area contributed by atoms with E-state index in [1.165, 1.54) is 18.5 Å². The summed E-state index contributed by atoms with van der Waals surface area (Å²) in [5.41, 5.74) is 3.96. The van der Waals surface area contributed by atoms with E-state index in [1.54, 1.807) is 18.1 Å². The van der Waals surface area contributed by atoms with E-state index in [0.717, 1.165) is 62.2 Å². The van der Waals surface area contributed by atoms with Crippen molar-refractivity contribution in [3.05, 3.63) is 82.4 Å². The van der Waals surface area contributed by atoms with E-state index in [0.29, 0.717) is 53.7 Å². The molecule has 2 N–H and O–H groups in total. The number of rotatable bonds is 11. The monoisotopic (exact) mass is 701 g/mol. The summed E-state index contributed by atoms with van der Waals surface area (Å²) in [6.45, 7) is 6.27. The van der Waals surface area contributed by atoms with Crippen molar-refractivity contribution in [2.45, 2.75) is 38.4 Å². The Morgan fingerprint density at radius 2 is 1.82 bits per heavy atom. The number of anilines is 2. The first-order chi connectivity index (χ1) is 24.2. The van der Waals surface area contributed by atoms with Gasteiger partial charge < -0.3 is 24.6 Å². The van der Waals surface area contributed by atoms with E-state index < -0.39 is 17.8 Å². The van der Waals surface area contributed by atoms with Crippen LogP contribution in [0.5, 0.6) is 11.5 Å². The number of methoxy groups -OCH3 is 1. The van der Waals surface area contributed by atoms with Gasteiger partial charge >= 0.3 is 0 Å². The lowest BCUT2D eigenvalue weighted by Crippen LogP contribution is -2.52. The number of piperazine rings is 1. The van der Waals surface area contributed by atoms with Gasteiger partial charge in [0, 0.05) is 74.9 Å². The Bertz CT molecular complexity index is 1950. The SMILES string of the molecule is COc1cc2ncnc(Nc3ccc(F)c(Cl)c3)c2cc1OCCCN1CCN(Cc2ccc3c(c2)CN(C2CCC(=O)NC2=O)C3=O)CC1. The molecule has 3 aliphatic heterocycles. The number of hydrogen-bond donors (Lipinski definition) is 2. The third-order valence-corrected chi connectivity index (χ3v) is 9.73. The summed E-state index contributed by atoms with van der Waals surface area (Å²) in [5.74, 6) is 0.351. The van der Waals surface area contributed by atoms with Crippen molar-refractivity contribution in [2.75, 3.05) is 51.8 Å². The van der Waals surface area contributed by atoms with E-state index in [1.807, 2.05) is 24.3 Å². The molecule has 2 saturated heterocycles. The van der Waals surface area contributed by atoms with Gasteiger partial charge in [-0.25, -0.2) is 14.4 Å². The number of fused-ring (bicyclic) bond motifs is 2. The van der Waals surface area contributed by atoms with Gasteiger partial charge in [0.05, 0.1) is 24.3 Å². The number of nitrogens with one attached hydrogen (secondary N) is 2. The fourth-order valence-electron chi connectivity index (χ4n) is 6.77. The highest BCUT2D eigenvalue weighted by Gasteiger charge is 2.39. The fraction of sp³-hybridized carbons (Fsp3) is 0.361. The van der Waals surface area contributed by atoms with Crippen molar-refractivity contribution in [1.29, 1.82) is 0 Å². The molecule has 14 heteroatoms.